The summed E-state index contributed by atoms with van der Waals surface area (Å²) >= 11 is 6.84. The zero-order chi connectivity index (χ0) is 20.8. The predicted molar refractivity (Wildman–Crippen MR) is 109 cm³/mol. The van der Waals surface area contributed by atoms with Crippen LogP contribution in [0.1, 0.15) is 17.5 Å². The van der Waals surface area contributed by atoms with Gasteiger partial charge in [0.15, 0.2) is 5.17 Å². The first-order valence-corrected chi connectivity index (χ1v) is 9.63. The largest absolute Gasteiger partial charge is 0.488 e. The molecule has 7 nitrogen and oxygen atoms in total. The van der Waals surface area contributed by atoms with E-state index in [9.17, 15) is 14.0 Å². The first-order valence-electron chi connectivity index (χ1n) is 8.38. The summed E-state index contributed by atoms with van der Waals surface area (Å²) in [7, 11) is 0. The summed E-state index contributed by atoms with van der Waals surface area (Å²) < 4.78 is 19.3. The van der Waals surface area contributed by atoms with Crippen LogP contribution in [0.15, 0.2) is 52.7 Å². The third kappa shape index (κ3) is 6.03. The van der Waals surface area contributed by atoms with E-state index < -0.39 is 22.9 Å². The SMILES string of the molecule is O=C(O)CC1SC(=NN=Cc2ccc(F)cc2OCc2ccc(Cl)cc2)NC1=O. The summed E-state index contributed by atoms with van der Waals surface area (Å²) in [4.78, 5) is 22.4. The van der Waals surface area contributed by atoms with Crippen molar-refractivity contribution in [1.29, 1.82) is 0 Å². The number of benzene rings is 2. The number of carbonyl (C=O) groups excluding carboxylic acids is 1. The van der Waals surface area contributed by atoms with E-state index >= 15 is 0 Å². The molecular weight excluding hydrogens is 421 g/mol. The van der Waals surface area contributed by atoms with Gasteiger partial charge in [0.25, 0.3) is 0 Å². The molecular formula is C19H15ClFN3O4S. The molecule has 150 valence electrons. The number of rotatable bonds is 7. The van der Waals surface area contributed by atoms with Crippen molar-refractivity contribution in [2.45, 2.75) is 18.3 Å². The Balaban J connectivity index is 1.68. The number of thioether (sulfide) groups is 1. The highest BCUT2D eigenvalue weighted by molar-refractivity contribution is 8.15. The number of aliphatic carboxylic acids is 1. The maximum atomic E-state index is 13.6. The summed E-state index contributed by atoms with van der Waals surface area (Å²) in [5, 5.41) is 19.1. The first-order chi connectivity index (χ1) is 13.9. The molecule has 1 atom stereocenters. The Morgan fingerprint density at radius 1 is 1.31 bits per heavy atom. The molecule has 29 heavy (non-hydrogen) atoms. The monoisotopic (exact) mass is 435 g/mol. The van der Waals surface area contributed by atoms with E-state index in [1.54, 1.807) is 24.3 Å². The van der Waals surface area contributed by atoms with Crippen molar-refractivity contribution < 1.29 is 23.8 Å². The quantitative estimate of drug-likeness (QED) is 0.512. The van der Waals surface area contributed by atoms with Crippen molar-refractivity contribution in [2.75, 3.05) is 0 Å². The first kappa shape index (κ1) is 20.8. The highest BCUT2D eigenvalue weighted by atomic mass is 35.5. The highest BCUT2D eigenvalue weighted by Crippen LogP contribution is 2.23. The Labute approximate surface area is 174 Å². The number of nitrogens with zero attached hydrogens (tertiary/aromatic N) is 2. The Morgan fingerprint density at radius 3 is 2.79 bits per heavy atom. The maximum Gasteiger partial charge on any atom is 0.305 e. The molecule has 0 saturated carbocycles. The molecule has 0 radical (unpaired) electrons. The van der Waals surface area contributed by atoms with Crippen molar-refractivity contribution in [3.63, 3.8) is 0 Å². The summed E-state index contributed by atoms with van der Waals surface area (Å²) in [6.07, 6.45) is 1.06. The minimum Gasteiger partial charge on any atom is -0.488 e. The van der Waals surface area contributed by atoms with Crippen LogP contribution in [-0.4, -0.2) is 33.6 Å². The van der Waals surface area contributed by atoms with Gasteiger partial charge in [0.2, 0.25) is 5.91 Å². The second-order valence-electron chi connectivity index (χ2n) is 5.94. The van der Waals surface area contributed by atoms with Gasteiger partial charge in [-0.25, -0.2) is 4.39 Å². The summed E-state index contributed by atoms with van der Waals surface area (Å²) in [5.74, 6) is -1.69. The van der Waals surface area contributed by atoms with Crippen LogP contribution in [0.4, 0.5) is 4.39 Å². The van der Waals surface area contributed by atoms with Gasteiger partial charge in [-0.15, -0.1) is 5.10 Å². The van der Waals surface area contributed by atoms with Gasteiger partial charge < -0.3 is 15.2 Å². The molecule has 0 aliphatic carbocycles. The zero-order valence-electron chi connectivity index (χ0n) is 14.8. The molecule has 2 aromatic carbocycles. The molecule has 1 fully saturated rings. The van der Waals surface area contributed by atoms with Crippen LogP contribution in [0.5, 0.6) is 5.75 Å². The van der Waals surface area contributed by atoms with Crippen molar-refractivity contribution in [1.82, 2.24) is 5.32 Å². The van der Waals surface area contributed by atoms with Crippen molar-refractivity contribution in [3.8, 4) is 5.75 Å². The minimum atomic E-state index is -1.07. The Bertz CT molecular complexity index is 982. The molecule has 1 aliphatic heterocycles. The topological polar surface area (TPSA) is 100 Å². The van der Waals surface area contributed by atoms with Gasteiger partial charge in [0, 0.05) is 16.7 Å². The van der Waals surface area contributed by atoms with Crippen LogP contribution in [-0.2, 0) is 16.2 Å². The van der Waals surface area contributed by atoms with Gasteiger partial charge >= 0.3 is 5.97 Å². The van der Waals surface area contributed by atoms with Crippen molar-refractivity contribution in [2.24, 2.45) is 10.2 Å². The van der Waals surface area contributed by atoms with Gasteiger partial charge in [-0.3, -0.25) is 9.59 Å². The highest BCUT2D eigenvalue weighted by Gasteiger charge is 2.32. The number of halogens is 2. The van der Waals surface area contributed by atoms with Gasteiger partial charge in [-0.05, 0) is 29.8 Å². The number of amidine groups is 1. The fourth-order valence-corrected chi connectivity index (χ4v) is 3.41. The Hall–Kier alpha value is -2.91. The van der Waals surface area contributed by atoms with E-state index in [0.717, 1.165) is 17.3 Å². The minimum absolute atomic E-state index is 0.197. The molecule has 1 amide bonds. The number of ether oxygens (including phenoxy) is 1. The van der Waals surface area contributed by atoms with Crippen molar-refractivity contribution >= 4 is 46.6 Å². The van der Waals surface area contributed by atoms with Crippen LogP contribution >= 0.6 is 23.4 Å². The average Bonchev–Trinajstić information content (AvgIpc) is 3.01. The van der Waals surface area contributed by atoms with Crippen LogP contribution < -0.4 is 10.1 Å². The molecule has 2 N–H and O–H groups in total. The smallest absolute Gasteiger partial charge is 0.305 e. The molecule has 10 heteroatoms. The lowest BCUT2D eigenvalue weighted by Crippen LogP contribution is -2.26. The molecule has 0 spiro atoms. The zero-order valence-corrected chi connectivity index (χ0v) is 16.4. The lowest BCUT2D eigenvalue weighted by atomic mass is 10.2. The van der Waals surface area contributed by atoms with E-state index in [4.69, 9.17) is 21.4 Å². The van der Waals surface area contributed by atoms with E-state index in [1.165, 1.54) is 24.4 Å². The lowest BCUT2D eigenvalue weighted by Gasteiger charge is -2.09. The molecule has 1 saturated heterocycles. The second kappa shape index (κ2) is 9.53. The molecule has 1 heterocycles. The third-order valence-electron chi connectivity index (χ3n) is 3.77. The fourth-order valence-electron chi connectivity index (χ4n) is 2.37. The fraction of sp³-hybridized carbons (Fsp3) is 0.158. The normalized spacial score (nSPS) is 17.7. The van der Waals surface area contributed by atoms with Crippen molar-refractivity contribution in [3.05, 3.63) is 64.4 Å². The second-order valence-corrected chi connectivity index (χ2v) is 7.57. The number of nitrogens with one attached hydrogen (secondary N) is 1. The molecule has 0 aromatic heterocycles. The molecule has 3 rings (SSSR count). The summed E-state index contributed by atoms with van der Waals surface area (Å²) in [6.45, 7) is 0.207. The van der Waals surface area contributed by atoms with Crippen LogP contribution in [0, 0.1) is 5.82 Å². The molecule has 2 aromatic rings. The van der Waals surface area contributed by atoms with Crippen LogP contribution in [0.25, 0.3) is 0 Å². The van der Waals surface area contributed by atoms with Gasteiger partial charge in [0.05, 0.1) is 12.6 Å². The predicted octanol–water partition coefficient (Wildman–Crippen LogP) is 3.45. The summed E-state index contributed by atoms with van der Waals surface area (Å²) in [6, 6.07) is 11.1. The van der Waals surface area contributed by atoms with Gasteiger partial charge in [0.1, 0.15) is 23.4 Å². The number of amides is 1. The maximum absolute atomic E-state index is 13.6. The number of carboxylic acid groups (broad SMARTS) is 1. The van der Waals surface area contributed by atoms with E-state index in [1.807, 2.05) is 0 Å². The standard InChI is InChI=1S/C19H15ClFN3O4S/c20-13-4-1-11(2-5-13)10-28-15-7-14(21)6-3-12(15)9-22-24-19-23-18(27)16(29-19)8-17(25)26/h1-7,9,16H,8,10H2,(H,25,26)(H,23,24,27). The molecule has 0 bridgehead atoms. The van der Waals surface area contributed by atoms with Gasteiger partial charge in [-0.2, -0.15) is 5.10 Å². The molecule has 1 unspecified atom stereocenters. The van der Waals surface area contributed by atoms with E-state index in [0.29, 0.717) is 10.6 Å². The van der Waals surface area contributed by atoms with Gasteiger partial charge in [-0.1, -0.05) is 35.5 Å². The summed E-state index contributed by atoms with van der Waals surface area (Å²) in [5.41, 5.74) is 1.34. The average molecular weight is 436 g/mol. The molecule has 1 aliphatic rings. The van der Waals surface area contributed by atoms with E-state index in [2.05, 4.69) is 15.5 Å². The third-order valence-corrected chi connectivity index (χ3v) is 5.09. The number of hydrogen-bond acceptors (Lipinski definition) is 6. The lowest BCUT2D eigenvalue weighted by molar-refractivity contribution is -0.138. The Morgan fingerprint density at radius 2 is 2.07 bits per heavy atom. The number of hydrogen-bond donors (Lipinski definition) is 2. The van der Waals surface area contributed by atoms with E-state index in [-0.39, 0.29) is 23.9 Å². The van der Waals surface area contributed by atoms with Crippen LogP contribution in [0.3, 0.4) is 0 Å². The Kier molecular flexibility index (Phi) is 6.84. The van der Waals surface area contributed by atoms with Crippen LogP contribution in [0.2, 0.25) is 5.02 Å². The number of carboxylic acids is 1. The number of carbonyl (C=O) groups is 2.